The Morgan fingerprint density at radius 1 is 1.23 bits per heavy atom. The molecule has 0 atom stereocenters. The predicted octanol–water partition coefficient (Wildman–Crippen LogP) is 5.07. The quantitative estimate of drug-likeness (QED) is 0.493. The molecule has 1 amide bonds. The minimum Gasteiger partial charge on any atom is -0.318 e. The van der Waals surface area contributed by atoms with E-state index in [0.29, 0.717) is 22.0 Å². The van der Waals surface area contributed by atoms with Crippen LogP contribution in [-0.2, 0) is 4.79 Å². The van der Waals surface area contributed by atoms with E-state index in [1.165, 1.54) is 24.3 Å². The van der Waals surface area contributed by atoms with Crippen LogP contribution in [0.25, 0.3) is 11.8 Å². The number of halogens is 5. The lowest BCUT2D eigenvalue weighted by Gasteiger charge is -2.20. The number of aromatic nitrogens is 1. The molecule has 4 rings (SSSR count). The van der Waals surface area contributed by atoms with Crippen molar-refractivity contribution < 1.29 is 22.4 Å². The first-order chi connectivity index (χ1) is 14.5. The van der Waals surface area contributed by atoms with E-state index in [-0.39, 0.29) is 27.5 Å². The second kappa shape index (κ2) is 7.34. The number of thioether (sulfide) groups is 1. The molecule has 0 fully saturated rings. The number of carbonyl (C=O) groups excluding carboxylic acids is 1. The van der Waals surface area contributed by atoms with Crippen molar-refractivity contribution in [1.29, 1.82) is 5.41 Å². The minimum absolute atomic E-state index is 0.0547. The Kier molecular flexibility index (Phi) is 5.05. The number of aryl methyl sites for hydroxylation is 1. The van der Waals surface area contributed by atoms with Gasteiger partial charge in [0.05, 0.1) is 10.6 Å². The molecule has 0 radical (unpaired) electrons. The number of aliphatic imine (C=N–C) groups is 1. The molecule has 2 aromatic rings. The molecule has 1 aromatic heterocycles. The van der Waals surface area contributed by atoms with Gasteiger partial charge in [0.25, 0.3) is 5.91 Å². The van der Waals surface area contributed by atoms with Gasteiger partial charge in [0.1, 0.15) is 5.82 Å². The standard InChI is InChI=1S/C19H12ClF4N5OS/c1-8-5-10(9(2)28(8)11-3-4-14(21)13(20)7-11)6-12-15(25)29-18(26-16(12)30)31-17(27-29)19(22,23)24/h3-7,25H,1-2H3/b12-6+,25-15?. The largest absolute Gasteiger partial charge is 0.441 e. The zero-order chi connectivity index (χ0) is 22.7. The lowest BCUT2D eigenvalue weighted by atomic mass is 10.1. The van der Waals surface area contributed by atoms with Crippen molar-refractivity contribution in [3.8, 4) is 5.69 Å². The number of alkyl halides is 3. The molecule has 0 bridgehead atoms. The first-order valence-corrected chi connectivity index (χ1v) is 9.88. The number of hydrazone groups is 1. The van der Waals surface area contributed by atoms with Gasteiger partial charge in [-0.2, -0.15) is 28.3 Å². The van der Waals surface area contributed by atoms with Gasteiger partial charge in [-0.1, -0.05) is 11.6 Å². The van der Waals surface area contributed by atoms with Crippen molar-refractivity contribution in [1.82, 2.24) is 9.58 Å². The molecule has 0 spiro atoms. The topological polar surface area (TPSA) is 73.8 Å². The van der Waals surface area contributed by atoms with E-state index in [1.54, 1.807) is 24.5 Å². The van der Waals surface area contributed by atoms with Gasteiger partial charge in [-0.3, -0.25) is 10.2 Å². The number of nitrogens with one attached hydrogen (secondary N) is 1. The third-order valence-electron chi connectivity index (χ3n) is 4.63. The van der Waals surface area contributed by atoms with Crippen molar-refractivity contribution in [2.45, 2.75) is 20.0 Å². The zero-order valence-electron chi connectivity index (χ0n) is 15.9. The molecule has 1 N–H and O–H groups in total. The van der Waals surface area contributed by atoms with Crippen molar-refractivity contribution in [3.05, 3.63) is 57.6 Å². The smallest absolute Gasteiger partial charge is 0.318 e. The van der Waals surface area contributed by atoms with Gasteiger partial charge < -0.3 is 4.57 Å². The third-order valence-corrected chi connectivity index (χ3v) is 5.87. The van der Waals surface area contributed by atoms with Gasteiger partial charge in [-0.05, 0) is 61.5 Å². The van der Waals surface area contributed by atoms with Crippen LogP contribution in [-0.4, -0.2) is 37.7 Å². The van der Waals surface area contributed by atoms with Gasteiger partial charge in [-0.25, -0.2) is 4.39 Å². The molecule has 3 heterocycles. The zero-order valence-corrected chi connectivity index (χ0v) is 17.5. The minimum atomic E-state index is -4.71. The van der Waals surface area contributed by atoms with E-state index in [0.717, 1.165) is 5.69 Å². The molecule has 31 heavy (non-hydrogen) atoms. The number of hydrogen-bond donors (Lipinski definition) is 1. The summed E-state index contributed by atoms with van der Waals surface area (Å²) in [5.41, 5.74) is 2.32. The number of benzene rings is 1. The summed E-state index contributed by atoms with van der Waals surface area (Å²) in [5.74, 6) is -1.90. The van der Waals surface area contributed by atoms with Crippen molar-refractivity contribution in [2.75, 3.05) is 0 Å². The third kappa shape index (κ3) is 3.68. The van der Waals surface area contributed by atoms with E-state index in [1.807, 2.05) is 0 Å². The van der Waals surface area contributed by atoms with Gasteiger partial charge in [0, 0.05) is 17.1 Å². The van der Waals surface area contributed by atoms with Gasteiger partial charge in [0.15, 0.2) is 5.84 Å². The van der Waals surface area contributed by atoms with Crippen LogP contribution in [0.4, 0.5) is 17.6 Å². The summed E-state index contributed by atoms with van der Waals surface area (Å²) in [6, 6.07) is 5.94. The van der Waals surface area contributed by atoms with E-state index in [9.17, 15) is 22.4 Å². The van der Waals surface area contributed by atoms with Gasteiger partial charge >= 0.3 is 6.18 Å². The molecule has 160 valence electrons. The Hall–Kier alpha value is -2.92. The summed E-state index contributed by atoms with van der Waals surface area (Å²) in [4.78, 5) is 16.1. The highest BCUT2D eigenvalue weighted by Gasteiger charge is 2.46. The summed E-state index contributed by atoms with van der Waals surface area (Å²) in [5, 5.41) is 10.7. The molecule has 2 aliphatic rings. The molecule has 6 nitrogen and oxygen atoms in total. The van der Waals surface area contributed by atoms with Crippen LogP contribution in [0.2, 0.25) is 5.02 Å². The van der Waals surface area contributed by atoms with E-state index in [4.69, 9.17) is 17.0 Å². The highest BCUT2D eigenvalue weighted by atomic mass is 35.5. The van der Waals surface area contributed by atoms with E-state index < -0.39 is 28.8 Å². The highest BCUT2D eigenvalue weighted by Crippen LogP contribution is 2.35. The highest BCUT2D eigenvalue weighted by molar-refractivity contribution is 8.27. The fraction of sp³-hybridized carbons (Fsp3) is 0.158. The van der Waals surface area contributed by atoms with E-state index >= 15 is 0 Å². The molecule has 0 saturated carbocycles. The average Bonchev–Trinajstić information content (AvgIpc) is 3.22. The number of amides is 1. The van der Waals surface area contributed by atoms with E-state index in [2.05, 4.69) is 10.1 Å². The Bertz CT molecular complexity index is 1240. The van der Waals surface area contributed by atoms with Crippen molar-refractivity contribution in [2.24, 2.45) is 10.1 Å². The fourth-order valence-electron chi connectivity index (χ4n) is 3.22. The SMILES string of the molecule is Cc1cc(/C=C2\C(=N)N3N=C(C(F)(F)F)SC3=NC2=O)c(C)n1-c1ccc(F)c(Cl)c1. The summed E-state index contributed by atoms with van der Waals surface area (Å²) >= 11 is 6.07. The Morgan fingerprint density at radius 2 is 1.94 bits per heavy atom. The molecule has 0 aliphatic carbocycles. The first-order valence-electron chi connectivity index (χ1n) is 8.69. The van der Waals surface area contributed by atoms with Crippen molar-refractivity contribution >= 4 is 51.4 Å². The van der Waals surface area contributed by atoms with Crippen LogP contribution in [0.15, 0.2) is 39.9 Å². The van der Waals surface area contributed by atoms with Gasteiger partial charge in [0.2, 0.25) is 10.2 Å². The maximum absolute atomic E-state index is 13.5. The van der Waals surface area contributed by atoms with Crippen LogP contribution >= 0.6 is 23.4 Å². The lowest BCUT2D eigenvalue weighted by Crippen LogP contribution is -2.35. The monoisotopic (exact) mass is 469 g/mol. The van der Waals surface area contributed by atoms with Crippen LogP contribution in [0.1, 0.15) is 17.0 Å². The number of amidine groups is 2. The molecule has 12 heteroatoms. The second-order valence-electron chi connectivity index (χ2n) is 6.68. The summed E-state index contributed by atoms with van der Waals surface area (Å²) in [7, 11) is 0. The number of carbonyl (C=O) groups is 1. The summed E-state index contributed by atoms with van der Waals surface area (Å²) in [6.45, 7) is 3.53. The number of nitrogens with zero attached hydrogens (tertiary/aromatic N) is 4. The average molecular weight is 470 g/mol. The fourth-order valence-corrected chi connectivity index (χ4v) is 4.15. The van der Waals surface area contributed by atoms with Crippen LogP contribution < -0.4 is 0 Å². The van der Waals surface area contributed by atoms with Crippen LogP contribution in [0, 0.1) is 25.1 Å². The number of rotatable bonds is 2. The molecule has 0 unspecified atom stereocenters. The lowest BCUT2D eigenvalue weighted by molar-refractivity contribution is -0.114. The number of hydrogen-bond acceptors (Lipinski definition) is 4. The normalized spacial score (nSPS) is 17.9. The Balaban J connectivity index is 1.75. The molecule has 1 aromatic carbocycles. The summed E-state index contributed by atoms with van der Waals surface area (Å²) in [6.07, 6.45) is -3.33. The maximum Gasteiger partial charge on any atom is 0.441 e. The Morgan fingerprint density at radius 3 is 2.58 bits per heavy atom. The van der Waals surface area contributed by atoms with Crippen LogP contribution in [0.3, 0.4) is 0 Å². The van der Waals surface area contributed by atoms with Crippen molar-refractivity contribution in [3.63, 3.8) is 0 Å². The summed E-state index contributed by atoms with van der Waals surface area (Å²) < 4.78 is 54.1. The molecular formula is C19H12ClF4N5OS. The van der Waals surface area contributed by atoms with Gasteiger partial charge in [-0.15, -0.1) is 0 Å². The number of fused-ring (bicyclic) bond motifs is 1. The van der Waals surface area contributed by atoms with Crippen LogP contribution in [0.5, 0.6) is 0 Å². The Labute approximate surface area is 182 Å². The second-order valence-corrected chi connectivity index (χ2v) is 8.05. The molecule has 0 saturated heterocycles. The maximum atomic E-state index is 13.5. The molecular weight excluding hydrogens is 458 g/mol. The predicted molar refractivity (Wildman–Crippen MR) is 111 cm³/mol. The molecule has 2 aliphatic heterocycles. The first kappa shape index (κ1) is 21.3.